The Balaban J connectivity index is 3.02. The van der Waals surface area contributed by atoms with E-state index in [2.05, 4.69) is 9.46 Å². The molecule has 0 aliphatic heterocycles. The molecule has 0 unspecified atom stereocenters. The van der Waals surface area contributed by atoms with Gasteiger partial charge in [-0.15, -0.1) is 0 Å². The summed E-state index contributed by atoms with van der Waals surface area (Å²) in [5.74, 6) is -0.755. The molecule has 20 heavy (non-hydrogen) atoms. The number of rotatable bonds is 7. The highest BCUT2D eigenvalue weighted by atomic mass is 32.2. The van der Waals surface area contributed by atoms with Crippen molar-refractivity contribution in [1.29, 1.82) is 0 Å². The monoisotopic (exact) mass is 302 g/mol. The first-order valence-corrected chi connectivity index (χ1v) is 7.37. The third-order valence-electron chi connectivity index (χ3n) is 2.52. The molecular weight excluding hydrogens is 284 g/mol. The smallest absolute Gasteiger partial charge is 0.339 e. The molecule has 0 fully saturated rings. The van der Waals surface area contributed by atoms with E-state index in [9.17, 15) is 13.2 Å². The Morgan fingerprint density at radius 1 is 1.35 bits per heavy atom. The highest BCUT2D eigenvalue weighted by Crippen LogP contribution is 2.19. The van der Waals surface area contributed by atoms with Gasteiger partial charge in [0.2, 0.25) is 10.0 Å². The Morgan fingerprint density at radius 2 is 2.05 bits per heavy atom. The van der Waals surface area contributed by atoms with E-state index in [4.69, 9.17) is 10.5 Å². The van der Waals surface area contributed by atoms with Crippen LogP contribution in [0.15, 0.2) is 23.1 Å². The zero-order valence-corrected chi connectivity index (χ0v) is 12.2. The second-order valence-corrected chi connectivity index (χ2v) is 5.73. The predicted octanol–water partition coefficient (Wildman–Crippen LogP) is 0.370. The molecule has 0 amide bonds. The van der Waals surface area contributed by atoms with Gasteiger partial charge in [-0.3, -0.25) is 0 Å². The Kier molecular flexibility index (Phi) is 5.93. The van der Waals surface area contributed by atoms with Gasteiger partial charge in [0.15, 0.2) is 0 Å². The van der Waals surface area contributed by atoms with Gasteiger partial charge in [-0.05, 0) is 24.6 Å². The molecule has 1 aromatic rings. The number of anilines is 1. The van der Waals surface area contributed by atoms with E-state index in [0.717, 1.165) is 0 Å². The average Bonchev–Trinajstić information content (AvgIpc) is 2.42. The largest absolute Gasteiger partial charge is 0.465 e. The lowest BCUT2D eigenvalue weighted by molar-refractivity contribution is 0.0596. The Labute approximate surface area is 118 Å². The van der Waals surface area contributed by atoms with Gasteiger partial charge in [0.25, 0.3) is 0 Å². The summed E-state index contributed by atoms with van der Waals surface area (Å²) in [5, 5.41) is 0. The van der Waals surface area contributed by atoms with Crippen molar-refractivity contribution < 1.29 is 22.7 Å². The van der Waals surface area contributed by atoms with Crippen molar-refractivity contribution in [3.05, 3.63) is 23.8 Å². The van der Waals surface area contributed by atoms with Crippen molar-refractivity contribution in [3.63, 3.8) is 0 Å². The number of carbonyl (C=O) groups is 1. The van der Waals surface area contributed by atoms with Crippen molar-refractivity contribution in [1.82, 2.24) is 4.72 Å². The van der Waals surface area contributed by atoms with E-state index in [-0.39, 0.29) is 22.7 Å². The van der Waals surface area contributed by atoms with E-state index in [0.29, 0.717) is 13.0 Å². The molecule has 1 rings (SSSR count). The number of benzene rings is 1. The van der Waals surface area contributed by atoms with E-state index < -0.39 is 16.0 Å². The molecule has 0 spiro atoms. The van der Waals surface area contributed by atoms with Gasteiger partial charge in [-0.1, -0.05) is 0 Å². The molecule has 0 heterocycles. The van der Waals surface area contributed by atoms with Crippen LogP contribution >= 0.6 is 0 Å². The third-order valence-corrected chi connectivity index (χ3v) is 4.03. The van der Waals surface area contributed by atoms with E-state index in [1.165, 1.54) is 32.4 Å². The summed E-state index contributed by atoms with van der Waals surface area (Å²) < 4.78 is 36.1. The van der Waals surface area contributed by atoms with Crippen molar-refractivity contribution >= 4 is 21.7 Å². The van der Waals surface area contributed by atoms with Crippen molar-refractivity contribution in [3.8, 4) is 0 Å². The summed E-state index contributed by atoms with van der Waals surface area (Å²) in [5.41, 5.74) is 5.75. The SMILES string of the molecule is COCCCNS(=O)(=O)c1ccc(N)cc1C(=O)OC. The van der Waals surface area contributed by atoms with E-state index in [1.54, 1.807) is 0 Å². The van der Waals surface area contributed by atoms with Gasteiger partial charge in [-0.2, -0.15) is 0 Å². The molecule has 8 heteroatoms. The van der Waals surface area contributed by atoms with Crippen LogP contribution in [0.2, 0.25) is 0 Å². The molecular formula is C12H18N2O5S. The van der Waals surface area contributed by atoms with Gasteiger partial charge in [0, 0.05) is 25.9 Å². The van der Waals surface area contributed by atoms with Gasteiger partial charge in [0.05, 0.1) is 17.6 Å². The van der Waals surface area contributed by atoms with Gasteiger partial charge in [0.1, 0.15) is 0 Å². The summed E-state index contributed by atoms with van der Waals surface area (Å²) in [6.45, 7) is 0.648. The quantitative estimate of drug-likeness (QED) is 0.428. The topological polar surface area (TPSA) is 108 Å². The normalized spacial score (nSPS) is 11.3. The number of hydrogen-bond donors (Lipinski definition) is 2. The zero-order chi connectivity index (χ0) is 15.2. The maximum absolute atomic E-state index is 12.1. The number of hydrogen-bond acceptors (Lipinski definition) is 6. The number of nitrogens with two attached hydrogens (primary N) is 1. The standard InChI is InChI=1S/C12H18N2O5S/c1-18-7-3-6-14-20(16,17)11-5-4-9(13)8-10(11)12(15)19-2/h4-5,8,14H,3,6-7,13H2,1-2H3. The lowest BCUT2D eigenvalue weighted by Gasteiger charge is -2.11. The van der Waals surface area contributed by atoms with Crippen molar-refractivity contribution in [2.75, 3.05) is 33.1 Å². The summed E-state index contributed by atoms with van der Waals surface area (Å²) in [4.78, 5) is 11.5. The highest BCUT2D eigenvalue weighted by molar-refractivity contribution is 7.89. The minimum absolute atomic E-state index is 0.0910. The second kappa shape index (κ2) is 7.22. The van der Waals surface area contributed by atoms with Crippen LogP contribution in [0.5, 0.6) is 0 Å². The number of carbonyl (C=O) groups excluding carboxylic acids is 1. The number of nitrogen functional groups attached to an aromatic ring is 1. The first-order chi connectivity index (χ1) is 9.42. The van der Waals surface area contributed by atoms with E-state index >= 15 is 0 Å². The second-order valence-electron chi connectivity index (χ2n) is 3.99. The molecule has 0 aromatic heterocycles. The molecule has 0 bridgehead atoms. The summed E-state index contributed by atoms with van der Waals surface area (Å²) in [6, 6.07) is 3.96. The van der Waals surface area contributed by atoms with Crippen LogP contribution < -0.4 is 10.5 Å². The fraction of sp³-hybridized carbons (Fsp3) is 0.417. The maximum atomic E-state index is 12.1. The van der Waals surface area contributed by atoms with Gasteiger partial charge < -0.3 is 15.2 Å². The molecule has 0 saturated carbocycles. The lowest BCUT2D eigenvalue weighted by Crippen LogP contribution is -2.27. The molecule has 0 atom stereocenters. The van der Waals surface area contributed by atoms with Crippen molar-refractivity contribution in [2.24, 2.45) is 0 Å². The Morgan fingerprint density at radius 3 is 2.65 bits per heavy atom. The van der Waals surface area contributed by atoms with Crippen LogP contribution in [0, 0.1) is 0 Å². The molecule has 0 aliphatic rings. The molecule has 0 radical (unpaired) electrons. The third kappa shape index (κ3) is 4.19. The van der Waals surface area contributed by atoms with Gasteiger partial charge >= 0.3 is 5.97 Å². The van der Waals surface area contributed by atoms with Crippen LogP contribution in [0.3, 0.4) is 0 Å². The number of methoxy groups -OCH3 is 2. The molecule has 112 valence electrons. The fourth-order valence-corrected chi connectivity index (χ4v) is 2.80. The molecule has 1 aromatic carbocycles. The summed E-state index contributed by atoms with van der Waals surface area (Å²) in [7, 11) is -1.10. The average molecular weight is 302 g/mol. The molecule has 0 saturated heterocycles. The minimum atomic E-state index is -3.81. The van der Waals surface area contributed by atoms with Crippen LogP contribution in [-0.2, 0) is 19.5 Å². The van der Waals surface area contributed by atoms with Crippen molar-refractivity contribution in [2.45, 2.75) is 11.3 Å². The summed E-state index contributed by atoms with van der Waals surface area (Å²) in [6.07, 6.45) is 0.526. The number of nitrogens with one attached hydrogen (secondary N) is 1. The predicted molar refractivity (Wildman–Crippen MR) is 73.9 cm³/mol. The Hall–Kier alpha value is -1.64. The first-order valence-electron chi connectivity index (χ1n) is 5.89. The Bertz CT molecular complexity index is 571. The van der Waals surface area contributed by atoms with Crippen LogP contribution in [-0.4, -0.2) is 41.8 Å². The zero-order valence-electron chi connectivity index (χ0n) is 11.4. The fourth-order valence-electron chi connectivity index (χ4n) is 1.55. The number of ether oxygens (including phenoxy) is 2. The summed E-state index contributed by atoms with van der Waals surface area (Å²) >= 11 is 0. The van der Waals surface area contributed by atoms with Crippen LogP contribution in [0.4, 0.5) is 5.69 Å². The maximum Gasteiger partial charge on any atom is 0.339 e. The first kappa shape index (κ1) is 16.4. The highest BCUT2D eigenvalue weighted by Gasteiger charge is 2.22. The minimum Gasteiger partial charge on any atom is -0.465 e. The lowest BCUT2D eigenvalue weighted by atomic mass is 10.2. The van der Waals surface area contributed by atoms with E-state index in [1.807, 2.05) is 0 Å². The molecule has 3 N–H and O–H groups in total. The number of sulfonamides is 1. The number of esters is 1. The van der Waals surface area contributed by atoms with Crippen LogP contribution in [0.25, 0.3) is 0 Å². The van der Waals surface area contributed by atoms with Crippen LogP contribution in [0.1, 0.15) is 16.8 Å². The van der Waals surface area contributed by atoms with Gasteiger partial charge in [-0.25, -0.2) is 17.9 Å². The molecule has 7 nitrogen and oxygen atoms in total. The molecule has 0 aliphatic carbocycles.